The number of hydrogen-bond donors (Lipinski definition) is 4. The largest absolute Gasteiger partial charge is 0.489 e. The smallest absolute Gasteiger partial charge is 0.227 e. The third kappa shape index (κ3) is 7.30. The highest BCUT2D eigenvalue weighted by atomic mass is 16.6. The van der Waals surface area contributed by atoms with Gasteiger partial charge >= 0.3 is 0 Å². The lowest BCUT2D eigenvalue weighted by Crippen LogP contribution is -2.62. The molecule has 6 heteroatoms. The van der Waals surface area contributed by atoms with Crippen molar-refractivity contribution in [1.29, 1.82) is 0 Å². The molecule has 1 fully saturated rings. The van der Waals surface area contributed by atoms with Gasteiger partial charge in [0.1, 0.15) is 11.5 Å². The van der Waals surface area contributed by atoms with Crippen molar-refractivity contribution in [3.05, 3.63) is 23.3 Å². The van der Waals surface area contributed by atoms with Crippen LogP contribution in [-0.4, -0.2) is 35.1 Å². The molecule has 158 valence electrons. The van der Waals surface area contributed by atoms with Crippen molar-refractivity contribution < 1.29 is 19.7 Å². The average Bonchev–Trinajstić information content (AvgIpc) is 2.59. The van der Waals surface area contributed by atoms with Crippen LogP contribution in [0.15, 0.2) is 12.1 Å². The fraction of sp³-hybridized carbons (Fsp3) is 0.714. The second-order valence-corrected chi connectivity index (χ2v) is 6.91. The molecule has 0 amide bonds. The molecule has 1 saturated heterocycles. The van der Waals surface area contributed by atoms with Gasteiger partial charge in [-0.05, 0) is 63.3 Å². The molecule has 1 heterocycles. The van der Waals surface area contributed by atoms with Crippen LogP contribution in [0.2, 0.25) is 0 Å². The summed E-state index contributed by atoms with van der Waals surface area (Å²) in [5.41, 5.74) is 7.38. The van der Waals surface area contributed by atoms with Gasteiger partial charge in [0.15, 0.2) is 0 Å². The summed E-state index contributed by atoms with van der Waals surface area (Å²) >= 11 is 0. The van der Waals surface area contributed by atoms with Gasteiger partial charge in [0.25, 0.3) is 0 Å². The number of nitrogens with one attached hydrogen (secondary N) is 1. The van der Waals surface area contributed by atoms with Crippen LogP contribution in [0.4, 0.5) is 5.69 Å². The van der Waals surface area contributed by atoms with Gasteiger partial charge in [0.2, 0.25) is 5.91 Å². The van der Waals surface area contributed by atoms with Crippen molar-refractivity contribution >= 4 is 5.69 Å². The first-order chi connectivity index (χ1) is 12.6. The van der Waals surface area contributed by atoms with Crippen LogP contribution in [0.5, 0.6) is 5.75 Å². The Kier molecular flexibility index (Phi) is 10.3. The first-order valence-corrected chi connectivity index (χ1v) is 9.91. The zero-order chi connectivity index (χ0) is 21.4. The van der Waals surface area contributed by atoms with Gasteiger partial charge in [0, 0.05) is 13.5 Å². The van der Waals surface area contributed by atoms with Crippen molar-refractivity contribution in [2.24, 2.45) is 0 Å². The number of nitrogens with two attached hydrogens (primary N) is 1. The van der Waals surface area contributed by atoms with E-state index >= 15 is 0 Å². The number of ether oxygens (including phenoxy) is 2. The summed E-state index contributed by atoms with van der Waals surface area (Å²) in [6.07, 6.45) is 0.788. The van der Waals surface area contributed by atoms with Crippen LogP contribution >= 0.6 is 0 Å². The predicted molar refractivity (Wildman–Crippen MR) is 112 cm³/mol. The van der Waals surface area contributed by atoms with Gasteiger partial charge in [-0.1, -0.05) is 27.7 Å². The molecule has 0 saturated carbocycles. The lowest BCUT2D eigenvalue weighted by atomic mass is 9.81. The molecule has 0 spiro atoms. The Hall–Kier alpha value is -1.34. The maximum atomic E-state index is 10.5. The van der Waals surface area contributed by atoms with Crippen LogP contribution in [-0.2, 0) is 4.74 Å². The summed E-state index contributed by atoms with van der Waals surface area (Å²) in [6, 6.07) is 3.78. The minimum absolute atomic E-state index is 0.0138. The second kappa shape index (κ2) is 10.9. The van der Waals surface area contributed by atoms with Gasteiger partial charge in [-0.2, -0.15) is 0 Å². The van der Waals surface area contributed by atoms with Crippen LogP contribution in [0.25, 0.3) is 0 Å². The summed E-state index contributed by atoms with van der Waals surface area (Å²) in [6.45, 7) is 15.5. The van der Waals surface area contributed by atoms with Crippen LogP contribution in [0.1, 0.15) is 78.4 Å². The molecule has 1 aliphatic heterocycles. The Morgan fingerprint density at radius 2 is 1.70 bits per heavy atom. The number of anilines is 1. The third-order valence-electron chi connectivity index (χ3n) is 4.17. The van der Waals surface area contributed by atoms with E-state index in [1.54, 1.807) is 6.92 Å². The molecular weight excluding hydrogens is 344 g/mol. The number of methoxy groups -OCH3 is 1. The van der Waals surface area contributed by atoms with Gasteiger partial charge < -0.3 is 25.4 Å². The minimum Gasteiger partial charge on any atom is -0.489 e. The summed E-state index contributed by atoms with van der Waals surface area (Å²) in [5, 5.41) is 23.6. The van der Waals surface area contributed by atoms with E-state index in [0.29, 0.717) is 24.3 Å². The highest BCUT2D eigenvalue weighted by Crippen LogP contribution is 2.41. The number of aliphatic hydroxyl groups is 2. The maximum absolute atomic E-state index is 10.5. The Labute approximate surface area is 165 Å². The van der Waals surface area contributed by atoms with E-state index in [9.17, 15) is 10.2 Å². The number of hydrogen-bond acceptors (Lipinski definition) is 6. The number of benzene rings is 1. The van der Waals surface area contributed by atoms with Crippen molar-refractivity contribution in [3.63, 3.8) is 0 Å². The van der Waals surface area contributed by atoms with E-state index in [4.69, 9.17) is 15.2 Å². The van der Waals surface area contributed by atoms with Gasteiger partial charge in [0.05, 0.1) is 11.8 Å². The molecule has 0 aromatic heterocycles. The third-order valence-corrected chi connectivity index (χ3v) is 4.17. The number of piperidine rings is 1. The topological polar surface area (TPSA) is 97.0 Å². The Bertz CT molecular complexity index is 576. The highest BCUT2D eigenvalue weighted by Gasteiger charge is 2.45. The van der Waals surface area contributed by atoms with Gasteiger partial charge in [-0.3, -0.25) is 0 Å². The van der Waals surface area contributed by atoms with E-state index in [1.807, 2.05) is 60.6 Å². The molecule has 1 aliphatic rings. The zero-order valence-corrected chi connectivity index (χ0v) is 18.5. The molecule has 27 heavy (non-hydrogen) atoms. The van der Waals surface area contributed by atoms with E-state index in [2.05, 4.69) is 5.32 Å². The molecule has 5 N–H and O–H groups in total. The molecule has 1 aromatic rings. The maximum Gasteiger partial charge on any atom is 0.227 e. The number of nitrogen functional groups attached to an aromatic ring is 1. The van der Waals surface area contributed by atoms with Crippen molar-refractivity contribution in [1.82, 2.24) is 5.32 Å². The summed E-state index contributed by atoms with van der Waals surface area (Å²) in [5.74, 6) is -1.04. The predicted octanol–water partition coefficient (Wildman–Crippen LogP) is 3.88. The first kappa shape index (κ1) is 25.7. The van der Waals surface area contributed by atoms with Gasteiger partial charge in [-0.15, -0.1) is 0 Å². The molecule has 3 unspecified atom stereocenters. The lowest BCUT2D eigenvalue weighted by molar-refractivity contribution is -0.266. The summed E-state index contributed by atoms with van der Waals surface area (Å²) < 4.78 is 10.9. The molecule has 2 rings (SSSR count). The minimum atomic E-state index is -1.57. The summed E-state index contributed by atoms with van der Waals surface area (Å²) in [7, 11) is 1.41. The number of aryl methyl sites for hydroxylation is 1. The fourth-order valence-corrected chi connectivity index (χ4v) is 3.29. The SMILES string of the molecule is CC.CC.COC1(O)CC(c2cc(OC(C)C)c(N)cc2C)CC(C)(O)N1. The molecule has 1 aromatic carbocycles. The Balaban J connectivity index is 0.00000158. The van der Waals surface area contributed by atoms with E-state index < -0.39 is 11.6 Å². The van der Waals surface area contributed by atoms with Crippen molar-refractivity contribution in [2.75, 3.05) is 12.8 Å². The highest BCUT2D eigenvalue weighted by molar-refractivity contribution is 5.57. The van der Waals surface area contributed by atoms with Crippen LogP contribution < -0.4 is 15.8 Å². The van der Waals surface area contributed by atoms with Crippen molar-refractivity contribution in [3.8, 4) is 5.75 Å². The molecule has 0 radical (unpaired) electrons. The van der Waals surface area contributed by atoms with Crippen LogP contribution in [0, 0.1) is 6.92 Å². The van der Waals surface area contributed by atoms with Crippen molar-refractivity contribution in [2.45, 2.75) is 91.9 Å². The molecule has 3 atom stereocenters. The standard InChI is InChI=1S/C17H28N2O4.2C2H6/c1-10(2)23-15-7-13(11(3)6-14(15)18)12-8-16(4,20)19-17(21,9-12)22-5;2*1-2/h6-7,10,12,19-21H,8-9,18H2,1-5H3;2*1-2H3. The number of rotatable bonds is 4. The summed E-state index contributed by atoms with van der Waals surface area (Å²) in [4.78, 5) is 0. The van der Waals surface area contributed by atoms with Crippen LogP contribution in [0.3, 0.4) is 0 Å². The first-order valence-electron chi connectivity index (χ1n) is 9.91. The lowest BCUT2D eigenvalue weighted by Gasteiger charge is -2.44. The quantitative estimate of drug-likeness (QED) is 0.465. The molecule has 0 aliphatic carbocycles. The van der Waals surface area contributed by atoms with E-state index in [-0.39, 0.29) is 12.0 Å². The molecule has 0 bridgehead atoms. The second-order valence-electron chi connectivity index (χ2n) is 6.91. The van der Waals surface area contributed by atoms with E-state index in [0.717, 1.165) is 11.1 Å². The zero-order valence-electron chi connectivity index (χ0n) is 18.5. The monoisotopic (exact) mass is 384 g/mol. The average molecular weight is 385 g/mol. The van der Waals surface area contributed by atoms with E-state index in [1.165, 1.54) is 7.11 Å². The molecular formula is C21H40N2O4. The molecule has 6 nitrogen and oxygen atoms in total. The van der Waals surface area contributed by atoms with Gasteiger partial charge in [-0.25, -0.2) is 5.32 Å². The fourth-order valence-electron chi connectivity index (χ4n) is 3.29. The Morgan fingerprint density at radius 1 is 1.15 bits per heavy atom. The Morgan fingerprint density at radius 3 is 2.19 bits per heavy atom. The normalized spacial score (nSPS) is 27.2.